The third-order valence-electron chi connectivity index (χ3n) is 5.49. The van der Waals surface area contributed by atoms with Gasteiger partial charge in [-0.3, -0.25) is 19.5 Å². The molecule has 2 aromatic carbocycles. The Morgan fingerprint density at radius 3 is 2.38 bits per heavy atom. The maximum absolute atomic E-state index is 13.8. The maximum atomic E-state index is 13.8. The van der Waals surface area contributed by atoms with Gasteiger partial charge in [0.15, 0.2) is 0 Å². The van der Waals surface area contributed by atoms with Gasteiger partial charge in [-0.1, -0.05) is 6.07 Å². The number of benzene rings is 2. The lowest BCUT2D eigenvalue weighted by atomic mass is 9.97. The van der Waals surface area contributed by atoms with Gasteiger partial charge in [0, 0.05) is 37.2 Å². The number of amides is 1. The summed E-state index contributed by atoms with van der Waals surface area (Å²) in [6.07, 6.45) is 1.56. The van der Waals surface area contributed by atoms with E-state index in [0.717, 1.165) is 5.69 Å². The number of aliphatic hydroxyl groups is 1. The van der Waals surface area contributed by atoms with Crippen LogP contribution in [0.2, 0.25) is 0 Å². The average molecular weight is 431 g/mol. The second-order valence-corrected chi connectivity index (χ2v) is 7.80. The summed E-state index contributed by atoms with van der Waals surface area (Å²) in [6.45, 7) is 1.56. The minimum absolute atomic E-state index is 0.0867. The third-order valence-corrected chi connectivity index (χ3v) is 5.49. The summed E-state index contributed by atoms with van der Waals surface area (Å²) in [4.78, 5) is 33.8. The number of carbonyl (C=O) groups excluding carboxylic acids is 2. The van der Waals surface area contributed by atoms with E-state index in [1.54, 1.807) is 43.5 Å². The van der Waals surface area contributed by atoms with Crippen LogP contribution in [0.5, 0.6) is 0 Å². The van der Waals surface area contributed by atoms with E-state index in [1.807, 2.05) is 31.1 Å². The first kappa shape index (κ1) is 21.2. The van der Waals surface area contributed by atoms with Crippen LogP contribution < -0.4 is 9.80 Å². The van der Waals surface area contributed by atoms with Crippen LogP contribution in [0.1, 0.15) is 22.9 Å². The Morgan fingerprint density at radius 2 is 1.78 bits per heavy atom. The van der Waals surface area contributed by atoms with Crippen molar-refractivity contribution in [3.63, 3.8) is 0 Å². The van der Waals surface area contributed by atoms with Crippen molar-refractivity contribution in [2.75, 3.05) is 23.9 Å². The zero-order valence-corrected chi connectivity index (χ0v) is 17.9. The highest BCUT2D eigenvalue weighted by Gasteiger charge is 2.47. The SMILES string of the molecule is Cc1cc(/C(O)=C2/C(=O)C(=O)N(c3ccc(N(C)C)cc3)C2c2ccccn2)ccc1F. The molecule has 0 bridgehead atoms. The second kappa shape index (κ2) is 8.26. The predicted octanol–water partition coefficient (Wildman–Crippen LogP) is 4.22. The summed E-state index contributed by atoms with van der Waals surface area (Å²) >= 11 is 0. The van der Waals surface area contributed by atoms with Crippen LogP contribution in [0, 0.1) is 12.7 Å². The molecule has 1 aliphatic heterocycles. The van der Waals surface area contributed by atoms with Crippen molar-refractivity contribution in [1.82, 2.24) is 4.98 Å². The summed E-state index contributed by atoms with van der Waals surface area (Å²) in [5.41, 5.74) is 2.35. The van der Waals surface area contributed by atoms with Gasteiger partial charge in [0.1, 0.15) is 17.6 Å². The lowest BCUT2D eigenvalue weighted by Gasteiger charge is -2.25. The first-order valence-corrected chi connectivity index (χ1v) is 10.1. The van der Waals surface area contributed by atoms with Gasteiger partial charge in [-0.05, 0) is 67.1 Å². The highest BCUT2D eigenvalue weighted by atomic mass is 19.1. The van der Waals surface area contributed by atoms with Gasteiger partial charge in [-0.2, -0.15) is 0 Å². The summed E-state index contributed by atoms with van der Waals surface area (Å²) < 4.78 is 13.8. The van der Waals surface area contributed by atoms with Crippen molar-refractivity contribution < 1.29 is 19.1 Å². The molecule has 1 unspecified atom stereocenters. The second-order valence-electron chi connectivity index (χ2n) is 7.80. The van der Waals surface area contributed by atoms with E-state index >= 15 is 0 Å². The number of hydrogen-bond donors (Lipinski definition) is 1. The number of aromatic nitrogens is 1. The molecule has 2 heterocycles. The fraction of sp³-hybridized carbons (Fsp3) is 0.160. The Hall–Kier alpha value is -4.00. The van der Waals surface area contributed by atoms with Crippen LogP contribution in [-0.2, 0) is 9.59 Å². The van der Waals surface area contributed by atoms with Crippen LogP contribution in [0.15, 0.2) is 72.4 Å². The fourth-order valence-electron chi connectivity index (χ4n) is 3.78. The molecule has 1 saturated heterocycles. The first-order valence-electron chi connectivity index (χ1n) is 10.1. The summed E-state index contributed by atoms with van der Waals surface area (Å²) in [5, 5.41) is 11.1. The van der Waals surface area contributed by atoms with E-state index in [2.05, 4.69) is 4.98 Å². The number of hydrogen-bond acceptors (Lipinski definition) is 5. The van der Waals surface area contributed by atoms with Crippen molar-refractivity contribution in [2.45, 2.75) is 13.0 Å². The normalized spacial score (nSPS) is 17.6. The van der Waals surface area contributed by atoms with Crippen LogP contribution in [0.3, 0.4) is 0 Å². The Labute approximate surface area is 185 Å². The van der Waals surface area contributed by atoms with E-state index in [0.29, 0.717) is 16.9 Å². The van der Waals surface area contributed by atoms with Crippen LogP contribution in [0.4, 0.5) is 15.8 Å². The molecule has 1 amide bonds. The predicted molar refractivity (Wildman–Crippen MR) is 121 cm³/mol. The van der Waals surface area contributed by atoms with Crippen LogP contribution in [-0.4, -0.2) is 35.9 Å². The number of rotatable bonds is 4. The lowest BCUT2D eigenvalue weighted by Crippen LogP contribution is -2.29. The zero-order chi connectivity index (χ0) is 23.0. The quantitative estimate of drug-likeness (QED) is 0.380. The van der Waals surface area contributed by atoms with Gasteiger partial charge in [0.05, 0.1) is 11.3 Å². The molecule has 7 heteroatoms. The number of anilines is 2. The monoisotopic (exact) mass is 431 g/mol. The van der Waals surface area contributed by atoms with Crippen molar-refractivity contribution >= 4 is 28.8 Å². The van der Waals surface area contributed by atoms with E-state index in [9.17, 15) is 19.1 Å². The number of aliphatic hydroxyl groups excluding tert-OH is 1. The summed E-state index contributed by atoms with van der Waals surface area (Å²) in [7, 11) is 3.81. The number of pyridine rings is 1. The minimum Gasteiger partial charge on any atom is -0.507 e. The molecule has 0 spiro atoms. The first-order chi connectivity index (χ1) is 15.3. The van der Waals surface area contributed by atoms with Crippen molar-refractivity contribution in [3.8, 4) is 0 Å². The summed E-state index contributed by atoms with van der Waals surface area (Å²) in [5.74, 6) is -2.38. The number of Topliss-reactive ketones (excluding diaryl/α,β-unsaturated/α-hetero) is 1. The number of aryl methyl sites for hydroxylation is 1. The molecule has 162 valence electrons. The molecule has 1 aromatic heterocycles. The Balaban J connectivity index is 1.90. The van der Waals surface area contributed by atoms with Gasteiger partial charge in [-0.15, -0.1) is 0 Å². The smallest absolute Gasteiger partial charge is 0.300 e. The molecule has 0 radical (unpaired) electrons. The molecule has 0 saturated carbocycles. The molecule has 1 atom stereocenters. The van der Waals surface area contributed by atoms with Crippen molar-refractivity contribution in [1.29, 1.82) is 0 Å². The number of nitrogens with zero attached hydrogens (tertiary/aromatic N) is 3. The van der Waals surface area contributed by atoms with E-state index in [1.165, 1.54) is 23.1 Å². The van der Waals surface area contributed by atoms with E-state index in [4.69, 9.17) is 0 Å². The highest BCUT2D eigenvalue weighted by Crippen LogP contribution is 2.41. The molecule has 1 N–H and O–H groups in total. The molecule has 1 fully saturated rings. The van der Waals surface area contributed by atoms with E-state index < -0.39 is 23.5 Å². The molecule has 3 aromatic rings. The summed E-state index contributed by atoms with van der Waals surface area (Å²) in [6, 6.07) is 15.5. The van der Waals surface area contributed by atoms with Crippen LogP contribution in [0.25, 0.3) is 5.76 Å². The van der Waals surface area contributed by atoms with E-state index in [-0.39, 0.29) is 16.9 Å². The highest BCUT2D eigenvalue weighted by molar-refractivity contribution is 6.51. The molecule has 0 aliphatic carbocycles. The lowest BCUT2D eigenvalue weighted by molar-refractivity contribution is -0.132. The zero-order valence-electron chi connectivity index (χ0n) is 17.9. The average Bonchev–Trinajstić information content (AvgIpc) is 3.06. The van der Waals surface area contributed by atoms with Gasteiger partial charge >= 0.3 is 0 Å². The molecule has 4 rings (SSSR count). The topological polar surface area (TPSA) is 73.7 Å². The van der Waals surface area contributed by atoms with Gasteiger partial charge in [0.2, 0.25) is 0 Å². The Kier molecular flexibility index (Phi) is 5.48. The molecule has 1 aliphatic rings. The van der Waals surface area contributed by atoms with Crippen molar-refractivity contribution in [3.05, 3.63) is 95.1 Å². The largest absolute Gasteiger partial charge is 0.507 e. The minimum atomic E-state index is -0.924. The standard InChI is InChI=1S/C25H22FN3O3/c1-15-14-16(7-12-19(15)26)23(30)21-22(20-6-4-5-13-27-20)29(25(32)24(21)31)18-10-8-17(9-11-18)28(2)3/h4-14,22,30H,1-3H3/b23-21-. The molecular formula is C25H22FN3O3. The number of ketones is 1. The van der Waals surface area contributed by atoms with Gasteiger partial charge in [-0.25, -0.2) is 4.39 Å². The number of halogens is 1. The molecule has 6 nitrogen and oxygen atoms in total. The molecular weight excluding hydrogens is 409 g/mol. The number of carbonyl (C=O) groups is 2. The van der Waals surface area contributed by atoms with Gasteiger partial charge < -0.3 is 10.0 Å². The third kappa shape index (κ3) is 3.62. The fourth-order valence-corrected chi connectivity index (χ4v) is 3.78. The molecule has 32 heavy (non-hydrogen) atoms. The Morgan fingerprint density at radius 1 is 1.06 bits per heavy atom. The van der Waals surface area contributed by atoms with Crippen molar-refractivity contribution in [2.24, 2.45) is 0 Å². The van der Waals surface area contributed by atoms with Crippen LogP contribution >= 0.6 is 0 Å². The Bertz CT molecular complexity index is 1220. The van der Waals surface area contributed by atoms with Gasteiger partial charge in [0.25, 0.3) is 11.7 Å². The maximum Gasteiger partial charge on any atom is 0.300 e.